The second-order valence-electron chi connectivity index (χ2n) is 4.64. The zero-order valence-corrected chi connectivity index (χ0v) is 9.65. The van der Waals surface area contributed by atoms with Crippen molar-refractivity contribution < 1.29 is 4.74 Å². The maximum absolute atomic E-state index is 5.65. The molecule has 88 valence electrons. The average molecular weight is 222 g/mol. The van der Waals surface area contributed by atoms with Crippen molar-refractivity contribution in [3.63, 3.8) is 0 Å². The molecule has 1 aromatic rings. The summed E-state index contributed by atoms with van der Waals surface area (Å²) in [5.74, 6) is 2.16. The van der Waals surface area contributed by atoms with E-state index in [4.69, 9.17) is 4.74 Å². The molecule has 0 amide bonds. The molecule has 0 saturated carbocycles. The van der Waals surface area contributed by atoms with Crippen LogP contribution in [-0.4, -0.2) is 34.0 Å². The van der Waals surface area contributed by atoms with E-state index in [-0.39, 0.29) is 0 Å². The van der Waals surface area contributed by atoms with Gasteiger partial charge in [-0.3, -0.25) is 0 Å². The fourth-order valence-corrected chi connectivity index (χ4v) is 2.56. The normalized spacial score (nSPS) is 29.3. The maximum Gasteiger partial charge on any atom is 0.149 e. The van der Waals surface area contributed by atoms with Gasteiger partial charge in [-0.15, -0.1) is 10.2 Å². The molecule has 2 atom stereocenters. The van der Waals surface area contributed by atoms with Crippen LogP contribution in [0.5, 0.6) is 0 Å². The van der Waals surface area contributed by atoms with Crippen LogP contribution in [0.15, 0.2) is 0 Å². The summed E-state index contributed by atoms with van der Waals surface area (Å²) in [7, 11) is 0. The van der Waals surface area contributed by atoms with Crippen LogP contribution in [0.4, 0.5) is 0 Å². The first-order chi connectivity index (χ1) is 7.84. The van der Waals surface area contributed by atoms with E-state index in [0.717, 1.165) is 44.2 Å². The molecule has 5 heteroatoms. The third-order valence-electron chi connectivity index (χ3n) is 3.46. The lowest BCUT2D eigenvalue weighted by molar-refractivity contribution is 0.109. The molecule has 5 nitrogen and oxygen atoms in total. The summed E-state index contributed by atoms with van der Waals surface area (Å²) in [5, 5.41) is 12.0. The minimum atomic E-state index is 0.319. The van der Waals surface area contributed by atoms with Gasteiger partial charge in [0.25, 0.3) is 0 Å². The molecule has 2 aliphatic rings. The Balaban J connectivity index is 1.79. The number of hydrogen-bond donors (Lipinski definition) is 1. The van der Waals surface area contributed by atoms with Crippen molar-refractivity contribution >= 4 is 0 Å². The number of nitrogens with one attached hydrogen (secondary N) is 1. The number of hydrogen-bond acceptors (Lipinski definition) is 4. The molecule has 2 unspecified atom stereocenters. The van der Waals surface area contributed by atoms with Crippen LogP contribution in [0.3, 0.4) is 0 Å². The van der Waals surface area contributed by atoms with E-state index in [1.54, 1.807) is 0 Å². The van der Waals surface area contributed by atoms with Gasteiger partial charge in [0.2, 0.25) is 0 Å². The first-order valence-electron chi connectivity index (χ1n) is 6.11. The summed E-state index contributed by atoms with van der Waals surface area (Å²) in [6.45, 7) is 5.03. The monoisotopic (exact) mass is 222 g/mol. The molecule has 16 heavy (non-hydrogen) atoms. The summed E-state index contributed by atoms with van der Waals surface area (Å²) >= 11 is 0. The summed E-state index contributed by atoms with van der Waals surface area (Å²) in [4.78, 5) is 0. The van der Waals surface area contributed by atoms with E-state index in [0.29, 0.717) is 12.1 Å². The van der Waals surface area contributed by atoms with Crippen LogP contribution >= 0.6 is 0 Å². The summed E-state index contributed by atoms with van der Waals surface area (Å²) in [6.07, 6.45) is 3.62. The highest BCUT2D eigenvalue weighted by molar-refractivity contribution is 5.04. The first kappa shape index (κ1) is 10.2. The molecule has 1 fully saturated rings. The lowest BCUT2D eigenvalue weighted by Crippen LogP contribution is -2.33. The van der Waals surface area contributed by atoms with Gasteiger partial charge in [-0.2, -0.15) is 0 Å². The van der Waals surface area contributed by atoms with Gasteiger partial charge in [0, 0.05) is 26.1 Å². The van der Waals surface area contributed by atoms with Gasteiger partial charge in [0.15, 0.2) is 0 Å². The van der Waals surface area contributed by atoms with Gasteiger partial charge in [0.1, 0.15) is 11.6 Å². The largest absolute Gasteiger partial charge is 0.378 e. The topological polar surface area (TPSA) is 52.0 Å². The van der Waals surface area contributed by atoms with Gasteiger partial charge < -0.3 is 14.6 Å². The Bertz CT molecular complexity index is 370. The summed E-state index contributed by atoms with van der Waals surface area (Å²) < 4.78 is 7.90. The second-order valence-corrected chi connectivity index (χ2v) is 4.64. The zero-order chi connectivity index (χ0) is 11.0. The Kier molecular flexibility index (Phi) is 2.65. The van der Waals surface area contributed by atoms with Crippen molar-refractivity contribution in [2.45, 2.75) is 44.9 Å². The molecular weight excluding hydrogens is 204 g/mol. The van der Waals surface area contributed by atoms with E-state index in [9.17, 15) is 0 Å². The molecule has 3 heterocycles. The molecule has 0 aliphatic carbocycles. The standard InChI is InChI=1S/C11H18N4O/c1-8-11-14-13-10(15(11)5-4-12-8)7-9-3-2-6-16-9/h8-9,12H,2-7H2,1H3. The Labute approximate surface area is 95.2 Å². The maximum atomic E-state index is 5.65. The molecule has 0 bridgehead atoms. The zero-order valence-electron chi connectivity index (χ0n) is 9.65. The molecule has 3 rings (SSSR count). The van der Waals surface area contributed by atoms with E-state index in [1.807, 2.05) is 0 Å². The van der Waals surface area contributed by atoms with E-state index >= 15 is 0 Å². The molecule has 1 N–H and O–H groups in total. The Morgan fingerprint density at radius 1 is 1.50 bits per heavy atom. The molecule has 1 aromatic heterocycles. The van der Waals surface area contributed by atoms with E-state index in [1.165, 1.54) is 6.42 Å². The van der Waals surface area contributed by atoms with Crippen LogP contribution in [0.1, 0.15) is 37.5 Å². The number of rotatable bonds is 2. The van der Waals surface area contributed by atoms with Crippen molar-refractivity contribution in [2.24, 2.45) is 0 Å². The van der Waals surface area contributed by atoms with Gasteiger partial charge in [-0.1, -0.05) is 0 Å². The van der Waals surface area contributed by atoms with Crippen molar-refractivity contribution in [3.05, 3.63) is 11.6 Å². The van der Waals surface area contributed by atoms with Crippen molar-refractivity contribution in [2.75, 3.05) is 13.2 Å². The van der Waals surface area contributed by atoms with E-state index in [2.05, 4.69) is 27.0 Å². The Morgan fingerprint density at radius 2 is 2.44 bits per heavy atom. The van der Waals surface area contributed by atoms with Gasteiger partial charge in [0.05, 0.1) is 12.1 Å². The second kappa shape index (κ2) is 4.14. The van der Waals surface area contributed by atoms with Crippen LogP contribution in [0, 0.1) is 0 Å². The summed E-state index contributed by atoms with van der Waals surface area (Å²) in [6, 6.07) is 0.319. The van der Waals surface area contributed by atoms with Crippen LogP contribution in [0.25, 0.3) is 0 Å². The number of nitrogens with zero attached hydrogens (tertiary/aromatic N) is 3. The quantitative estimate of drug-likeness (QED) is 0.799. The van der Waals surface area contributed by atoms with Crippen molar-refractivity contribution in [1.29, 1.82) is 0 Å². The van der Waals surface area contributed by atoms with Gasteiger partial charge in [-0.05, 0) is 19.8 Å². The average Bonchev–Trinajstić information content (AvgIpc) is 2.90. The first-order valence-corrected chi connectivity index (χ1v) is 6.11. The minimum Gasteiger partial charge on any atom is -0.378 e. The molecule has 0 radical (unpaired) electrons. The highest BCUT2D eigenvalue weighted by Crippen LogP contribution is 2.20. The lowest BCUT2D eigenvalue weighted by Gasteiger charge is -2.22. The van der Waals surface area contributed by atoms with Gasteiger partial charge in [-0.25, -0.2) is 0 Å². The molecule has 1 saturated heterocycles. The van der Waals surface area contributed by atoms with E-state index < -0.39 is 0 Å². The SMILES string of the molecule is CC1NCCn2c(CC3CCCO3)nnc21. The predicted molar refractivity (Wildman–Crippen MR) is 59.1 cm³/mol. The molecule has 2 aliphatic heterocycles. The molecule has 0 spiro atoms. The van der Waals surface area contributed by atoms with Gasteiger partial charge >= 0.3 is 0 Å². The third-order valence-corrected chi connectivity index (χ3v) is 3.46. The fourth-order valence-electron chi connectivity index (χ4n) is 2.56. The molecular formula is C11H18N4O. The predicted octanol–water partition coefficient (Wildman–Crippen LogP) is 0.664. The van der Waals surface area contributed by atoms with Crippen LogP contribution < -0.4 is 5.32 Å². The summed E-state index contributed by atoms with van der Waals surface area (Å²) in [5.41, 5.74) is 0. The number of aromatic nitrogens is 3. The third kappa shape index (κ3) is 1.74. The fraction of sp³-hybridized carbons (Fsp3) is 0.818. The van der Waals surface area contributed by atoms with Crippen LogP contribution in [-0.2, 0) is 17.7 Å². The van der Waals surface area contributed by atoms with Crippen molar-refractivity contribution in [1.82, 2.24) is 20.1 Å². The van der Waals surface area contributed by atoms with Crippen LogP contribution in [0.2, 0.25) is 0 Å². The smallest absolute Gasteiger partial charge is 0.149 e. The number of fused-ring (bicyclic) bond motifs is 1. The Morgan fingerprint density at radius 3 is 3.25 bits per heavy atom. The van der Waals surface area contributed by atoms with Crippen molar-refractivity contribution in [3.8, 4) is 0 Å². The molecule has 0 aromatic carbocycles. The Hall–Kier alpha value is -0.940. The highest BCUT2D eigenvalue weighted by atomic mass is 16.5. The highest BCUT2D eigenvalue weighted by Gasteiger charge is 2.24. The number of ether oxygens (including phenoxy) is 1. The minimum absolute atomic E-state index is 0.319. The lowest BCUT2D eigenvalue weighted by atomic mass is 10.1.